The van der Waals surface area contributed by atoms with E-state index in [1.165, 1.54) is 0 Å². The van der Waals surface area contributed by atoms with Crippen LogP contribution in [0.25, 0.3) is 0 Å². The van der Waals surface area contributed by atoms with Crippen molar-refractivity contribution in [2.75, 3.05) is 37.7 Å². The maximum Gasteiger partial charge on any atom is 0.314 e. The number of hydrogen-bond donors (Lipinski definition) is 1. The van der Waals surface area contributed by atoms with Crippen LogP contribution < -0.4 is 9.64 Å². The standard InChI is InChI=1S/C22H22Cl2N2O4/c23-16-3-1-15(2-4-16)22(21(28)29)7-9-25(10-8-22)11-12-26-18-13-17(24)5-6-19(18)30-14-20(26)27/h1-6,13H,7-12,14H2,(H,28,29). The zero-order valence-electron chi connectivity index (χ0n) is 16.3. The van der Waals surface area contributed by atoms with Gasteiger partial charge in [-0.2, -0.15) is 0 Å². The molecule has 30 heavy (non-hydrogen) atoms. The summed E-state index contributed by atoms with van der Waals surface area (Å²) in [6.07, 6.45) is 1.01. The van der Waals surface area contributed by atoms with Crippen molar-refractivity contribution >= 4 is 40.8 Å². The molecule has 2 heterocycles. The number of aliphatic carboxylic acids is 1. The first-order valence-electron chi connectivity index (χ1n) is 9.83. The van der Waals surface area contributed by atoms with Gasteiger partial charge in [0, 0.05) is 23.1 Å². The van der Waals surface area contributed by atoms with Crippen LogP contribution >= 0.6 is 23.2 Å². The van der Waals surface area contributed by atoms with E-state index in [4.69, 9.17) is 27.9 Å². The van der Waals surface area contributed by atoms with E-state index in [2.05, 4.69) is 4.90 Å². The number of fused-ring (bicyclic) bond motifs is 1. The summed E-state index contributed by atoms with van der Waals surface area (Å²) < 4.78 is 5.49. The average Bonchev–Trinajstić information content (AvgIpc) is 2.74. The molecular weight excluding hydrogens is 427 g/mol. The Morgan fingerprint density at radius 1 is 1.03 bits per heavy atom. The summed E-state index contributed by atoms with van der Waals surface area (Å²) in [5.41, 5.74) is 0.554. The Bertz CT molecular complexity index is 956. The van der Waals surface area contributed by atoms with Crippen molar-refractivity contribution < 1.29 is 19.4 Å². The quantitative estimate of drug-likeness (QED) is 0.752. The van der Waals surface area contributed by atoms with Gasteiger partial charge in [-0.1, -0.05) is 35.3 Å². The first-order chi connectivity index (χ1) is 14.4. The number of rotatable bonds is 5. The fourth-order valence-corrected chi connectivity index (χ4v) is 4.51. The molecule has 1 amide bonds. The van der Waals surface area contributed by atoms with E-state index in [9.17, 15) is 14.7 Å². The monoisotopic (exact) mass is 448 g/mol. The third kappa shape index (κ3) is 4.00. The minimum Gasteiger partial charge on any atom is -0.482 e. The number of carboxylic acid groups (broad SMARTS) is 1. The molecule has 0 unspecified atom stereocenters. The van der Waals surface area contributed by atoms with Crippen LogP contribution in [0.5, 0.6) is 5.75 Å². The predicted octanol–water partition coefficient (Wildman–Crippen LogP) is 3.84. The van der Waals surface area contributed by atoms with E-state index >= 15 is 0 Å². The van der Waals surface area contributed by atoms with Crippen molar-refractivity contribution in [1.82, 2.24) is 4.90 Å². The Morgan fingerprint density at radius 2 is 1.70 bits per heavy atom. The fourth-order valence-electron chi connectivity index (χ4n) is 4.22. The molecule has 158 valence electrons. The second kappa shape index (κ2) is 8.46. The highest BCUT2D eigenvalue weighted by Gasteiger charge is 2.43. The minimum atomic E-state index is -0.907. The molecule has 2 aromatic rings. The molecule has 6 nitrogen and oxygen atoms in total. The smallest absolute Gasteiger partial charge is 0.314 e. The minimum absolute atomic E-state index is 0.00727. The zero-order valence-corrected chi connectivity index (χ0v) is 17.8. The number of piperidine rings is 1. The number of likely N-dealkylation sites (tertiary alicyclic amines) is 1. The molecule has 2 aliphatic rings. The lowest BCUT2D eigenvalue weighted by molar-refractivity contribution is -0.146. The Labute approximate surface area is 184 Å². The number of carbonyl (C=O) groups is 2. The van der Waals surface area contributed by atoms with Gasteiger partial charge in [0.15, 0.2) is 6.61 Å². The van der Waals surface area contributed by atoms with Crippen LogP contribution in [0.1, 0.15) is 18.4 Å². The summed E-state index contributed by atoms with van der Waals surface area (Å²) in [6.45, 7) is 2.42. The molecule has 1 N–H and O–H groups in total. The number of amides is 1. The molecule has 0 radical (unpaired) electrons. The summed E-state index contributed by atoms with van der Waals surface area (Å²) in [6, 6.07) is 12.3. The highest BCUT2D eigenvalue weighted by Crippen LogP contribution is 2.37. The van der Waals surface area contributed by atoms with Crippen molar-refractivity contribution in [3.8, 4) is 5.75 Å². The average molecular weight is 449 g/mol. The molecule has 1 saturated heterocycles. The first-order valence-corrected chi connectivity index (χ1v) is 10.6. The van der Waals surface area contributed by atoms with Gasteiger partial charge in [-0.15, -0.1) is 0 Å². The van der Waals surface area contributed by atoms with Gasteiger partial charge in [0.2, 0.25) is 0 Å². The number of nitrogens with zero attached hydrogens (tertiary/aromatic N) is 2. The lowest BCUT2D eigenvalue weighted by Gasteiger charge is -2.40. The van der Waals surface area contributed by atoms with Gasteiger partial charge in [-0.3, -0.25) is 9.59 Å². The molecule has 2 aromatic carbocycles. The Morgan fingerprint density at radius 3 is 2.37 bits per heavy atom. The number of hydrogen-bond acceptors (Lipinski definition) is 4. The van der Waals surface area contributed by atoms with Crippen molar-refractivity contribution in [3.63, 3.8) is 0 Å². The summed E-state index contributed by atoms with van der Waals surface area (Å²) >= 11 is 12.1. The van der Waals surface area contributed by atoms with E-state index in [0.29, 0.717) is 60.5 Å². The molecule has 0 saturated carbocycles. The van der Waals surface area contributed by atoms with E-state index in [1.807, 2.05) is 0 Å². The lowest BCUT2D eigenvalue weighted by Crippen LogP contribution is -2.50. The lowest BCUT2D eigenvalue weighted by atomic mass is 9.73. The van der Waals surface area contributed by atoms with E-state index < -0.39 is 11.4 Å². The van der Waals surface area contributed by atoms with Crippen LogP contribution in [0.15, 0.2) is 42.5 Å². The molecule has 1 fully saturated rings. The third-order valence-corrected chi connectivity index (χ3v) is 6.51. The van der Waals surface area contributed by atoms with Crippen LogP contribution in [-0.4, -0.2) is 54.7 Å². The zero-order chi connectivity index (χ0) is 21.3. The normalized spacial score (nSPS) is 18.6. The molecule has 8 heteroatoms. The van der Waals surface area contributed by atoms with Crippen LogP contribution in [-0.2, 0) is 15.0 Å². The molecule has 0 spiro atoms. The van der Waals surface area contributed by atoms with Crippen LogP contribution in [0, 0.1) is 0 Å². The third-order valence-electron chi connectivity index (χ3n) is 6.02. The van der Waals surface area contributed by atoms with Gasteiger partial charge in [-0.05, 0) is 61.8 Å². The molecule has 4 rings (SSSR count). The molecular formula is C22H22Cl2N2O4. The highest BCUT2D eigenvalue weighted by atomic mass is 35.5. The van der Waals surface area contributed by atoms with Gasteiger partial charge in [0.05, 0.1) is 11.1 Å². The Balaban J connectivity index is 1.43. The maximum absolute atomic E-state index is 12.4. The van der Waals surface area contributed by atoms with Gasteiger partial charge in [-0.25, -0.2) is 0 Å². The topological polar surface area (TPSA) is 70.1 Å². The molecule has 2 aliphatic heterocycles. The Hall–Kier alpha value is -2.28. The Kier molecular flexibility index (Phi) is 5.91. The summed E-state index contributed by atoms with van der Waals surface area (Å²) in [5.74, 6) is -0.274. The fraction of sp³-hybridized carbons (Fsp3) is 0.364. The van der Waals surface area contributed by atoms with Crippen LogP contribution in [0.3, 0.4) is 0 Å². The van der Waals surface area contributed by atoms with Crippen molar-refractivity contribution in [2.45, 2.75) is 18.3 Å². The van der Waals surface area contributed by atoms with Gasteiger partial charge >= 0.3 is 5.97 Å². The van der Waals surface area contributed by atoms with Crippen molar-refractivity contribution in [2.24, 2.45) is 0 Å². The highest BCUT2D eigenvalue weighted by molar-refractivity contribution is 6.31. The number of carbonyl (C=O) groups excluding carboxylic acids is 1. The molecule has 0 atom stereocenters. The number of anilines is 1. The van der Waals surface area contributed by atoms with Crippen molar-refractivity contribution in [3.05, 3.63) is 58.1 Å². The molecule has 0 aliphatic carbocycles. The summed E-state index contributed by atoms with van der Waals surface area (Å²) in [4.78, 5) is 28.4. The number of carboxylic acids is 1. The second-order valence-electron chi connectivity index (χ2n) is 7.68. The number of benzene rings is 2. The maximum atomic E-state index is 12.4. The van der Waals surface area contributed by atoms with Crippen LogP contribution in [0.2, 0.25) is 10.0 Å². The van der Waals surface area contributed by atoms with Crippen LogP contribution in [0.4, 0.5) is 5.69 Å². The van der Waals surface area contributed by atoms with Crippen molar-refractivity contribution in [1.29, 1.82) is 0 Å². The largest absolute Gasteiger partial charge is 0.482 e. The van der Waals surface area contributed by atoms with Gasteiger partial charge < -0.3 is 19.6 Å². The number of ether oxygens (including phenoxy) is 1. The predicted molar refractivity (Wildman–Crippen MR) is 116 cm³/mol. The number of halogens is 2. The van der Waals surface area contributed by atoms with E-state index in [0.717, 1.165) is 5.56 Å². The second-order valence-corrected chi connectivity index (χ2v) is 8.55. The summed E-state index contributed by atoms with van der Waals surface area (Å²) in [5, 5.41) is 11.1. The SMILES string of the molecule is O=C1COc2ccc(Cl)cc2N1CCN1CCC(C(=O)O)(c2ccc(Cl)cc2)CC1. The van der Waals surface area contributed by atoms with Gasteiger partial charge in [0.1, 0.15) is 5.75 Å². The summed E-state index contributed by atoms with van der Waals surface area (Å²) in [7, 11) is 0. The molecule has 0 bridgehead atoms. The van der Waals surface area contributed by atoms with E-state index in [1.54, 1.807) is 47.4 Å². The van der Waals surface area contributed by atoms with Gasteiger partial charge in [0.25, 0.3) is 5.91 Å². The van der Waals surface area contributed by atoms with E-state index in [-0.39, 0.29) is 12.5 Å². The first kappa shape index (κ1) is 21.0. The molecule has 0 aromatic heterocycles.